The molecule has 0 aromatic heterocycles. The van der Waals surface area contributed by atoms with Gasteiger partial charge in [-0.05, 0) is 18.2 Å². The Hall–Kier alpha value is -2.12. The smallest absolute Gasteiger partial charge is 0.313 e. The maximum atomic E-state index is 11.8. The molecule has 0 atom stereocenters. The van der Waals surface area contributed by atoms with Crippen LogP contribution < -0.4 is 15.5 Å². The van der Waals surface area contributed by atoms with Crippen LogP contribution in [0.1, 0.15) is 0 Å². The lowest BCUT2D eigenvalue weighted by atomic mass is 10.2. The average molecular weight is 295 g/mol. The lowest BCUT2D eigenvalue weighted by molar-refractivity contribution is -0.139. The highest BCUT2D eigenvalue weighted by Gasteiger charge is 2.15. The summed E-state index contributed by atoms with van der Waals surface area (Å²) in [4.78, 5) is 25.3. The van der Waals surface area contributed by atoms with Gasteiger partial charge in [0.15, 0.2) is 6.29 Å². The minimum atomic E-state index is -0.746. The second kappa shape index (κ2) is 8.23. The van der Waals surface area contributed by atoms with Crippen LogP contribution in [0.4, 0.5) is 11.4 Å². The molecular weight excluding hydrogens is 274 g/mol. The van der Waals surface area contributed by atoms with Gasteiger partial charge in [-0.25, -0.2) is 0 Å². The van der Waals surface area contributed by atoms with Crippen LogP contribution in [0, 0.1) is 0 Å². The summed E-state index contributed by atoms with van der Waals surface area (Å²) in [7, 11) is 6.69. The Labute approximate surface area is 124 Å². The van der Waals surface area contributed by atoms with Crippen molar-refractivity contribution in [2.75, 3.05) is 45.1 Å². The molecular formula is C14H21N3O4. The summed E-state index contributed by atoms with van der Waals surface area (Å²) in [5, 5.41) is 4.97. The van der Waals surface area contributed by atoms with Crippen LogP contribution in [0.2, 0.25) is 0 Å². The van der Waals surface area contributed by atoms with E-state index in [0.29, 0.717) is 5.69 Å². The molecule has 0 saturated heterocycles. The highest BCUT2D eigenvalue weighted by molar-refractivity contribution is 6.39. The van der Waals surface area contributed by atoms with Crippen molar-refractivity contribution in [3.05, 3.63) is 24.3 Å². The third-order valence-corrected chi connectivity index (χ3v) is 2.78. The molecule has 0 radical (unpaired) electrons. The van der Waals surface area contributed by atoms with Crippen molar-refractivity contribution in [2.24, 2.45) is 0 Å². The molecule has 7 nitrogen and oxygen atoms in total. The van der Waals surface area contributed by atoms with E-state index in [1.54, 1.807) is 18.2 Å². The van der Waals surface area contributed by atoms with E-state index in [-0.39, 0.29) is 6.54 Å². The quantitative estimate of drug-likeness (QED) is 0.587. The maximum absolute atomic E-state index is 11.8. The lowest BCUT2D eigenvalue weighted by Crippen LogP contribution is -2.40. The molecule has 1 aromatic rings. The number of methoxy groups -OCH3 is 2. The van der Waals surface area contributed by atoms with Crippen LogP contribution in [0.5, 0.6) is 0 Å². The van der Waals surface area contributed by atoms with Crippen LogP contribution in [-0.4, -0.2) is 53.0 Å². The zero-order chi connectivity index (χ0) is 15.8. The number of carbonyl (C=O) groups is 2. The molecule has 0 aliphatic rings. The first kappa shape index (κ1) is 16.9. The average Bonchev–Trinajstić information content (AvgIpc) is 2.48. The number of benzene rings is 1. The van der Waals surface area contributed by atoms with Gasteiger partial charge in [0.25, 0.3) is 0 Å². The SMILES string of the molecule is COC(CNC(=O)C(=O)Nc1cccc(N(C)C)c1)OC. The number of amides is 2. The van der Waals surface area contributed by atoms with Crippen LogP contribution >= 0.6 is 0 Å². The van der Waals surface area contributed by atoms with E-state index < -0.39 is 18.1 Å². The fourth-order valence-electron chi connectivity index (χ4n) is 1.57. The molecule has 0 aliphatic heterocycles. The maximum Gasteiger partial charge on any atom is 0.313 e. The van der Waals surface area contributed by atoms with Gasteiger partial charge in [0.1, 0.15) is 0 Å². The zero-order valence-corrected chi connectivity index (χ0v) is 12.7. The molecule has 0 fully saturated rings. The molecule has 0 spiro atoms. The van der Waals surface area contributed by atoms with Gasteiger partial charge in [-0.15, -0.1) is 0 Å². The van der Waals surface area contributed by atoms with E-state index >= 15 is 0 Å². The van der Waals surface area contributed by atoms with Crippen LogP contribution in [0.15, 0.2) is 24.3 Å². The summed E-state index contributed by atoms with van der Waals surface area (Å²) in [6, 6.07) is 7.19. The zero-order valence-electron chi connectivity index (χ0n) is 12.7. The molecule has 21 heavy (non-hydrogen) atoms. The fraction of sp³-hybridized carbons (Fsp3) is 0.429. The number of hydrogen-bond donors (Lipinski definition) is 2. The van der Waals surface area contributed by atoms with Crippen molar-refractivity contribution < 1.29 is 19.1 Å². The third-order valence-electron chi connectivity index (χ3n) is 2.78. The summed E-state index contributed by atoms with van der Waals surface area (Å²) < 4.78 is 9.83. The van der Waals surface area contributed by atoms with Gasteiger partial charge >= 0.3 is 11.8 Å². The van der Waals surface area contributed by atoms with Crippen molar-refractivity contribution >= 4 is 23.2 Å². The molecule has 2 N–H and O–H groups in total. The second-order valence-corrected chi connectivity index (χ2v) is 4.51. The molecule has 0 aliphatic carbocycles. The first-order chi connectivity index (χ1) is 9.97. The molecule has 2 amide bonds. The van der Waals surface area contributed by atoms with Gasteiger partial charge < -0.3 is 25.0 Å². The summed E-state index contributed by atoms with van der Waals surface area (Å²) in [6.07, 6.45) is -0.584. The highest BCUT2D eigenvalue weighted by atomic mass is 16.7. The first-order valence-corrected chi connectivity index (χ1v) is 6.40. The van der Waals surface area contributed by atoms with Crippen molar-refractivity contribution in [1.82, 2.24) is 5.32 Å². The predicted octanol–water partition coefficient (Wildman–Crippen LogP) is 0.426. The predicted molar refractivity (Wildman–Crippen MR) is 80.2 cm³/mol. The van der Waals surface area contributed by atoms with E-state index in [2.05, 4.69) is 10.6 Å². The van der Waals surface area contributed by atoms with E-state index in [4.69, 9.17) is 9.47 Å². The Kier molecular flexibility index (Phi) is 6.64. The molecule has 0 unspecified atom stereocenters. The largest absolute Gasteiger partial charge is 0.378 e. The van der Waals surface area contributed by atoms with Crippen LogP contribution in [0.3, 0.4) is 0 Å². The summed E-state index contributed by atoms with van der Waals surface area (Å²) in [5.41, 5.74) is 1.48. The molecule has 0 saturated carbocycles. The number of hydrogen-bond acceptors (Lipinski definition) is 5. The highest BCUT2D eigenvalue weighted by Crippen LogP contribution is 2.16. The number of ether oxygens (including phenoxy) is 2. The number of carbonyl (C=O) groups excluding carboxylic acids is 2. The van der Waals surface area contributed by atoms with Crippen molar-refractivity contribution in [3.63, 3.8) is 0 Å². The Bertz CT molecular complexity index is 487. The number of nitrogens with zero attached hydrogens (tertiary/aromatic N) is 1. The van der Waals surface area contributed by atoms with E-state index in [1.165, 1.54) is 14.2 Å². The van der Waals surface area contributed by atoms with Gasteiger partial charge in [0, 0.05) is 39.7 Å². The summed E-state index contributed by atoms with van der Waals surface area (Å²) in [5.74, 6) is -1.48. The van der Waals surface area contributed by atoms with Crippen molar-refractivity contribution in [2.45, 2.75) is 6.29 Å². The van der Waals surface area contributed by atoms with Gasteiger partial charge in [0.2, 0.25) is 0 Å². The lowest BCUT2D eigenvalue weighted by Gasteiger charge is -2.15. The number of anilines is 2. The third kappa shape index (κ3) is 5.41. The van der Waals surface area contributed by atoms with E-state index in [9.17, 15) is 9.59 Å². The molecule has 0 bridgehead atoms. The van der Waals surface area contributed by atoms with Gasteiger partial charge in [-0.3, -0.25) is 9.59 Å². The Morgan fingerprint density at radius 2 is 1.86 bits per heavy atom. The molecule has 1 aromatic carbocycles. The minimum Gasteiger partial charge on any atom is -0.378 e. The van der Waals surface area contributed by atoms with Crippen LogP contribution in [-0.2, 0) is 19.1 Å². The second-order valence-electron chi connectivity index (χ2n) is 4.51. The Balaban J connectivity index is 2.56. The van der Waals surface area contributed by atoms with Crippen molar-refractivity contribution in [1.29, 1.82) is 0 Å². The Morgan fingerprint density at radius 1 is 1.19 bits per heavy atom. The normalized spacial score (nSPS) is 10.3. The minimum absolute atomic E-state index is 0.0942. The molecule has 0 heterocycles. The first-order valence-electron chi connectivity index (χ1n) is 6.40. The van der Waals surface area contributed by atoms with Crippen molar-refractivity contribution in [3.8, 4) is 0 Å². The number of rotatable bonds is 6. The molecule has 1 rings (SSSR count). The summed E-state index contributed by atoms with van der Waals surface area (Å²) >= 11 is 0. The standard InChI is InChI=1S/C14H21N3O4/c1-17(2)11-7-5-6-10(8-11)16-14(19)13(18)15-9-12(20-3)21-4/h5-8,12H,9H2,1-4H3,(H,15,18)(H,16,19). The van der Waals surface area contributed by atoms with E-state index in [0.717, 1.165) is 5.69 Å². The fourth-order valence-corrected chi connectivity index (χ4v) is 1.57. The Morgan fingerprint density at radius 3 is 2.43 bits per heavy atom. The summed E-state index contributed by atoms with van der Waals surface area (Å²) in [6.45, 7) is 0.0942. The van der Waals surface area contributed by atoms with E-state index in [1.807, 2.05) is 25.1 Å². The van der Waals surface area contributed by atoms with Gasteiger partial charge in [-0.1, -0.05) is 6.07 Å². The molecule has 116 valence electrons. The monoisotopic (exact) mass is 295 g/mol. The number of nitrogens with one attached hydrogen (secondary N) is 2. The van der Waals surface area contributed by atoms with Gasteiger partial charge in [0.05, 0.1) is 6.54 Å². The van der Waals surface area contributed by atoms with Gasteiger partial charge in [-0.2, -0.15) is 0 Å². The van der Waals surface area contributed by atoms with Crippen LogP contribution in [0.25, 0.3) is 0 Å². The molecule has 7 heteroatoms. The topological polar surface area (TPSA) is 79.9 Å².